The topological polar surface area (TPSA) is 24.5 Å². The summed E-state index contributed by atoms with van der Waals surface area (Å²) in [5, 5.41) is 3.88. The summed E-state index contributed by atoms with van der Waals surface area (Å²) in [6, 6.07) is 6.98. The maximum Gasteiger partial charge on any atom is 0.119 e. The number of likely N-dealkylation sites (N-methyl/N-ethyl adjacent to an activating group) is 1. The van der Waals surface area contributed by atoms with Gasteiger partial charge in [-0.15, -0.1) is 0 Å². The standard InChI is InChI=1S/C24H38N2O/c1-4-26(5-2)15-16-27-19-9-11-20-18(17-19)8-10-22-21(20)12-13-24(3)23(22)7-6-14-25-24/h9,11,17,21-23,25H,4-8,10,12-16H2,1-3H3/t21-,22-,23+,24+/m1/s1. The van der Waals surface area contributed by atoms with E-state index in [1.54, 1.807) is 11.1 Å². The predicted octanol–water partition coefficient (Wildman–Crippen LogP) is 4.61. The molecule has 1 aliphatic heterocycles. The van der Waals surface area contributed by atoms with Crippen LogP contribution >= 0.6 is 0 Å². The third-order valence-corrected chi connectivity index (χ3v) is 7.88. The zero-order chi connectivity index (χ0) is 18.9. The third kappa shape index (κ3) is 3.78. The lowest BCUT2D eigenvalue weighted by Gasteiger charge is -2.54. The fourth-order valence-corrected chi connectivity index (χ4v) is 6.25. The van der Waals surface area contributed by atoms with Crippen LogP contribution in [-0.2, 0) is 6.42 Å². The lowest BCUT2D eigenvalue weighted by atomic mass is 9.56. The van der Waals surface area contributed by atoms with Crippen LogP contribution in [0.2, 0.25) is 0 Å². The predicted molar refractivity (Wildman–Crippen MR) is 113 cm³/mol. The Morgan fingerprint density at radius 1 is 1.19 bits per heavy atom. The first-order valence-electron chi connectivity index (χ1n) is 11.4. The molecule has 1 N–H and O–H groups in total. The molecule has 0 unspecified atom stereocenters. The Kier molecular flexibility index (Phi) is 5.80. The molecule has 1 aromatic carbocycles. The molecule has 1 aromatic rings. The summed E-state index contributed by atoms with van der Waals surface area (Å²) in [5.41, 5.74) is 3.59. The molecule has 150 valence electrons. The molecule has 0 amide bonds. The molecule has 0 spiro atoms. The second-order valence-corrected chi connectivity index (χ2v) is 9.18. The molecule has 1 heterocycles. The highest BCUT2D eigenvalue weighted by atomic mass is 16.5. The Morgan fingerprint density at radius 3 is 2.85 bits per heavy atom. The van der Waals surface area contributed by atoms with Crippen LogP contribution in [0.3, 0.4) is 0 Å². The highest BCUT2D eigenvalue weighted by Gasteiger charge is 2.48. The molecule has 3 aliphatic rings. The van der Waals surface area contributed by atoms with E-state index in [1.165, 1.54) is 45.1 Å². The van der Waals surface area contributed by atoms with Crippen molar-refractivity contribution >= 4 is 0 Å². The maximum absolute atomic E-state index is 6.09. The summed E-state index contributed by atoms with van der Waals surface area (Å²) in [6.07, 6.45) is 8.06. The van der Waals surface area contributed by atoms with Crippen LogP contribution in [0.4, 0.5) is 0 Å². The lowest BCUT2D eigenvalue weighted by Crippen LogP contribution is -2.58. The monoisotopic (exact) mass is 370 g/mol. The van der Waals surface area contributed by atoms with Crippen molar-refractivity contribution in [2.24, 2.45) is 11.8 Å². The van der Waals surface area contributed by atoms with E-state index in [2.05, 4.69) is 49.2 Å². The molecular formula is C24H38N2O. The first-order valence-corrected chi connectivity index (χ1v) is 11.4. The number of nitrogens with one attached hydrogen (secondary N) is 1. The van der Waals surface area contributed by atoms with E-state index in [-0.39, 0.29) is 0 Å². The second kappa shape index (κ2) is 8.13. The lowest BCUT2D eigenvalue weighted by molar-refractivity contribution is 0.0400. The summed E-state index contributed by atoms with van der Waals surface area (Å²) in [7, 11) is 0. The van der Waals surface area contributed by atoms with E-state index < -0.39 is 0 Å². The summed E-state index contributed by atoms with van der Waals surface area (Å²) in [6.45, 7) is 12.2. The number of fused-ring (bicyclic) bond motifs is 5. The van der Waals surface area contributed by atoms with Gasteiger partial charge in [-0.2, -0.15) is 0 Å². The minimum absolute atomic E-state index is 0.393. The van der Waals surface area contributed by atoms with Gasteiger partial charge in [0.1, 0.15) is 12.4 Å². The zero-order valence-electron chi connectivity index (χ0n) is 17.6. The Morgan fingerprint density at radius 2 is 2.04 bits per heavy atom. The summed E-state index contributed by atoms with van der Waals surface area (Å²) in [4.78, 5) is 2.42. The molecule has 0 aromatic heterocycles. The van der Waals surface area contributed by atoms with Crippen molar-refractivity contribution in [1.29, 1.82) is 0 Å². The first kappa shape index (κ1) is 19.3. The van der Waals surface area contributed by atoms with Crippen LogP contribution in [0, 0.1) is 11.8 Å². The van der Waals surface area contributed by atoms with Crippen LogP contribution in [0.25, 0.3) is 0 Å². The molecule has 1 saturated carbocycles. The quantitative estimate of drug-likeness (QED) is 0.792. The molecule has 0 radical (unpaired) electrons. The molecule has 3 nitrogen and oxygen atoms in total. The number of hydrogen-bond donors (Lipinski definition) is 1. The SMILES string of the molecule is CCN(CC)CCOc1ccc2c(c1)CC[C@@H]1[C@@H]2CC[C@]2(C)NCCC[C@@H]12. The van der Waals surface area contributed by atoms with Gasteiger partial charge < -0.3 is 15.0 Å². The van der Waals surface area contributed by atoms with Crippen LogP contribution in [0.5, 0.6) is 5.75 Å². The number of nitrogens with zero attached hydrogens (tertiary/aromatic N) is 1. The summed E-state index contributed by atoms with van der Waals surface area (Å²) >= 11 is 0. The van der Waals surface area contributed by atoms with Crippen molar-refractivity contribution in [2.75, 3.05) is 32.8 Å². The first-order chi connectivity index (χ1) is 13.1. The van der Waals surface area contributed by atoms with Gasteiger partial charge in [0.15, 0.2) is 0 Å². The van der Waals surface area contributed by atoms with Gasteiger partial charge in [0.05, 0.1) is 0 Å². The number of rotatable bonds is 6. The molecule has 4 atom stereocenters. The number of hydrogen-bond acceptors (Lipinski definition) is 3. The number of piperidine rings is 1. The normalized spacial score (nSPS) is 32.5. The maximum atomic E-state index is 6.09. The van der Waals surface area contributed by atoms with Crippen molar-refractivity contribution < 1.29 is 4.74 Å². The Bertz CT molecular complexity index is 641. The molecule has 4 rings (SSSR count). The number of benzene rings is 1. The second-order valence-electron chi connectivity index (χ2n) is 9.18. The Hall–Kier alpha value is -1.06. The minimum atomic E-state index is 0.393. The molecule has 3 heteroatoms. The van der Waals surface area contributed by atoms with E-state index in [0.29, 0.717) is 5.54 Å². The van der Waals surface area contributed by atoms with E-state index in [9.17, 15) is 0 Å². The van der Waals surface area contributed by atoms with Crippen molar-refractivity contribution in [3.8, 4) is 5.75 Å². The molecule has 27 heavy (non-hydrogen) atoms. The highest BCUT2D eigenvalue weighted by Crippen LogP contribution is 2.53. The van der Waals surface area contributed by atoms with Crippen molar-refractivity contribution in [3.63, 3.8) is 0 Å². The number of aryl methyl sites for hydroxylation is 1. The minimum Gasteiger partial charge on any atom is -0.492 e. The molecule has 2 aliphatic carbocycles. The van der Waals surface area contributed by atoms with Crippen LogP contribution in [0.15, 0.2) is 18.2 Å². The van der Waals surface area contributed by atoms with Crippen LogP contribution in [0.1, 0.15) is 69.9 Å². The van der Waals surface area contributed by atoms with Gasteiger partial charge in [-0.3, -0.25) is 0 Å². The van der Waals surface area contributed by atoms with Gasteiger partial charge in [-0.05, 0) is 106 Å². The van der Waals surface area contributed by atoms with Crippen molar-refractivity contribution in [3.05, 3.63) is 29.3 Å². The third-order valence-electron chi connectivity index (χ3n) is 7.88. The molecule has 2 fully saturated rings. The molecular weight excluding hydrogens is 332 g/mol. The van der Waals surface area contributed by atoms with Crippen LogP contribution < -0.4 is 10.1 Å². The van der Waals surface area contributed by atoms with Gasteiger partial charge in [0, 0.05) is 12.1 Å². The van der Waals surface area contributed by atoms with E-state index in [0.717, 1.165) is 49.7 Å². The molecule has 1 saturated heterocycles. The van der Waals surface area contributed by atoms with Gasteiger partial charge in [0.2, 0.25) is 0 Å². The van der Waals surface area contributed by atoms with Gasteiger partial charge >= 0.3 is 0 Å². The van der Waals surface area contributed by atoms with Gasteiger partial charge in [-0.1, -0.05) is 19.9 Å². The fraction of sp³-hybridized carbons (Fsp3) is 0.750. The van der Waals surface area contributed by atoms with Crippen LogP contribution in [-0.4, -0.2) is 43.2 Å². The largest absolute Gasteiger partial charge is 0.492 e. The van der Waals surface area contributed by atoms with Gasteiger partial charge in [-0.25, -0.2) is 0 Å². The summed E-state index contributed by atoms with van der Waals surface area (Å²) < 4.78 is 6.09. The summed E-state index contributed by atoms with van der Waals surface area (Å²) in [5.74, 6) is 3.58. The smallest absolute Gasteiger partial charge is 0.119 e. The Balaban J connectivity index is 1.44. The zero-order valence-corrected chi connectivity index (χ0v) is 17.6. The number of ether oxygens (including phenoxy) is 1. The highest BCUT2D eigenvalue weighted by molar-refractivity contribution is 5.40. The molecule has 0 bridgehead atoms. The van der Waals surface area contributed by atoms with Crippen molar-refractivity contribution in [1.82, 2.24) is 10.2 Å². The Labute approximate surface area is 165 Å². The van der Waals surface area contributed by atoms with Crippen molar-refractivity contribution in [2.45, 2.75) is 70.8 Å². The average molecular weight is 371 g/mol. The van der Waals surface area contributed by atoms with E-state index in [4.69, 9.17) is 4.74 Å². The van der Waals surface area contributed by atoms with E-state index in [1.807, 2.05) is 0 Å². The van der Waals surface area contributed by atoms with E-state index >= 15 is 0 Å². The van der Waals surface area contributed by atoms with Gasteiger partial charge in [0.25, 0.3) is 0 Å². The average Bonchev–Trinajstić information content (AvgIpc) is 2.70. The fourth-order valence-electron chi connectivity index (χ4n) is 6.25.